The summed E-state index contributed by atoms with van der Waals surface area (Å²) in [6.07, 6.45) is 1.92. The Labute approximate surface area is 109 Å². The second-order valence-electron chi connectivity index (χ2n) is 3.87. The highest BCUT2D eigenvalue weighted by Crippen LogP contribution is 2.26. The van der Waals surface area contributed by atoms with Gasteiger partial charge in [0, 0.05) is 13.5 Å². The molecule has 0 aliphatic heterocycles. The van der Waals surface area contributed by atoms with Crippen LogP contribution in [0.5, 0.6) is 0 Å². The van der Waals surface area contributed by atoms with Gasteiger partial charge in [0.05, 0.1) is 11.1 Å². The first-order chi connectivity index (χ1) is 8.63. The van der Waals surface area contributed by atoms with Crippen LogP contribution in [-0.4, -0.2) is 14.8 Å². The van der Waals surface area contributed by atoms with Gasteiger partial charge in [0.25, 0.3) is 0 Å². The van der Waals surface area contributed by atoms with E-state index in [-0.39, 0.29) is 11.1 Å². The van der Waals surface area contributed by atoms with Crippen molar-refractivity contribution in [3.63, 3.8) is 0 Å². The van der Waals surface area contributed by atoms with Crippen LogP contribution < -0.4 is 11.3 Å². The van der Waals surface area contributed by atoms with Gasteiger partial charge in [0.15, 0.2) is 0 Å². The van der Waals surface area contributed by atoms with Gasteiger partial charge < -0.3 is 0 Å². The fourth-order valence-corrected chi connectivity index (χ4v) is 1.99. The van der Waals surface area contributed by atoms with Gasteiger partial charge in [-0.2, -0.15) is 5.10 Å². The van der Waals surface area contributed by atoms with Crippen molar-refractivity contribution < 1.29 is 4.39 Å². The number of nitrogens with one attached hydrogen (secondary N) is 1. The normalized spacial score (nSPS) is 12.7. The van der Waals surface area contributed by atoms with Gasteiger partial charge >= 0.3 is 0 Å². The monoisotopic (exact) mass is 269 g/mol. The van der Waals surface area contributed by atoms with E-state index >= 15 is 0 Å². The van der Waals surface area contributed by atoms with Gasteiger partial charge in [-0.3, -0.25) is 16.0 Å². The van der Waals surface area contributed by atoms with Crippen LogP contribution in [0.2, 0.25) is 5.02 Å². The van der Waals surface area contributed by atoms with Gasteiger partial charge in [0.2, 0.25) is 0 Å². The standard InChI is InChI=1S/C11H13ClFN5/c1-18-10(15-6-16-18)5-9(17-14)7-3-2-4-8(13)11(7)12/h2-4,6,9,17H,5,14H2,1H3. The van der Waals surface area contributed by atoms with E-state index in [4.69, 9.17) is 17.4 Å². The highest BCUT2D eigenvalue weighted by Gasteiger charge is 2.18. The Hall–Kier alpha value is -1.50. The third-order valence-corrected chi connectivity index (χ3v) is 3.15. The summed E-state index contributed by atoms with van der Waals surface area (Å²) >= 11 is 5.93. The van der Waals surface area contributed by atoms with Crippen molar-refractivity contribution >= 4 is 11.6 Å². The van der Waals surface area contributed by atoms with Crippen LogP contribution in [0.4, 0.5) is 4.39 Å². The van der Waals surface area contributed by atoms with Crippen molar-refractivity contribution in [2.24, 2.45) is 12.9 Å². The average Bonchev–Trinajstić information content (AvgIpc) is 2.76. The average molecular weight is 270 g/mol. The molecule has 0 spiro atoms. The summed E-state index contributed by atoms with van der Waals surface area (Å²) in [4.78, 5) is 4.10. The number of hydrogen-bond acceptors (Lipinski definition) is 4. The molecule has 2 aromatic rings. The molecule has 0 radical (unpaired) electrons. The summed E-state index contributed by atoms with van der Waals surface area (Å²) in [6, 6.07) is 4.31. The lowest BCUT2D eigenvalue weighted by molar-refractivity contribution is 0.519. The molecule has 0 saturated heterocycles. The Morgan fingerprint density at radius 3 is 2.94 bits per heavy atom. The maximum atomic E-state index is 13.4. The maximum Gasteiger partial charge on any atom is 0.142 e. The minimum Gasteiger partial charge on any atom is -0.271 e. The van der Waals surface area contributed by atoms with E-state index in [0.717, 1.165) is 5.82 Å². The van der Waals surface area contributed by atoms with Crippen molar-refractivity contribution in [1.82, 2.24) is 20.2 Å². The number of rotatable bonds is 4. The molecule has 0 aliphatic carbocycles. The third-order valence-electron chi connectivity index (χ3n) is 2.75. The molecule has 0 aliphatic rings. The van der Waals surface area contributed by atoms with E-state index in [2.05, 4.69) is 15.5 Å². The molecule has 1 atom stereocenters. The molecule has 1 aromatic carbocycles. The third kappa shape index (κ3) is 2.50. The molecule has 96 valence electrons. The first kappa shape index (κ1) is 12.9. The SMILES string of the molecule is Cn1ncnc1CC(NN)c1cccc(F)c1Cl. The number of nitrogens with zero attached hydrogens (tertiary/aromatic N) is 3. The minimum atomic E-state index is -0.465. The summed E-state index contributed by atoms with van der Waals surface area (Å²) in [5.74, 6) is 5.77. The Morgan fingerprint density at radius 2 is 2.33 bits per heavy atom. The van der Waals surface area contributed by atoms with Crippen molar-refractivity contribution in [1.29, 1.82) is 0 Å². The predicted molar refractivity (Wildman–Crippen MR) is 66.2 cm³/mol. The molecule has 1 heterocycles. The maximum absolute atomic E-state index is 13.4. The van der Waals surface area contributed by atoms with E-state index < -0.39 is 5.82 Å². The Bertz CT molecular complexity index is 542. The number of benzene rings is 1. The number of nitrogens with two attached hydrogens (primary N) is 1. The summed E-state index contributed by atoms with van der Waals surface area (Å²) in [5, 5.41) is 4.04. The van der Waals surface area contributed by atoms with Crippen LogP contribution in [0.15, 0.2) is 24.5 Å². The van der Waals surface area contributed by atoms with E-state index in [0.29, 0.717) is 12.0 Å². The Kier molecular flexibility index (Phi) is 3.90. The van der Waals surface area contributed by atoms with Crippen LogP contribution in [0.1, 0.15) is 17.4 Å². The topological polar surface area (TPSA) is 68.8 Å². The molecule has 1 unspecified atom stereocenters. The summed E-state index contributed by atoms with van der Waals surface area (Å²) < 4.78 is 15.0. The molecule has 0 amide bonds. The molecule has 1 aromatic heterocycles. The Morgan fingerprint density at radius 1 is 1.56 bits per heavy atom. The lowest BCUT2D eigenvalue weighted by Gasteiger charge is -2.17. The Balaban J connectivity index is 2.29. The highest BCUT2D eigenvalue weighted by atomic mass is 35.5. The zero-order chi connectivity index (χ0) is 13.1. The van der Waals surface area contributed by atoms with Gasteiger partial charge in [-0.1, -0.05) is 23.7 Å². The van der Waals surface area contributed by atoms with Gasteiger partial charge in [-0.15, -0.1) is 0 Å². The molecule has 2 rings (SSSR count). The van der Waals surface area contributed by atoms with Crippen LogP contribution in [0.3, 0.4) is 0 Å². The molecule has 18 heavy (non-hydrogen) atoms. The van der Waals surface area contributed by atoms with Gasteiger partial charge in [-0.05, 0) is 11.6 Å². The smallest absolute Gasteiger partial charge is 0.142 e. The quantitative estimate of drug-likeness (QED) is 0.649. The summed E-state index contributed by atoms with van der Waals surface area (Å²) in [7, 11) is 1.78. The van der Waals surface area contributed by atoms with Crippen molar-refractivity contribution in [3.05, 3.63) is 46.8 Å². The molecular weight excluding hydrogens is 257 g/mol. The van der Waals surface area contributed by atoms with Gasteiger partial charge in [0.1, 0.15) is 18.0 Å². The van der Waals surface area contributed by atoms with Crippen molar-refractivity contribution in [2.45, 2.75) is 12.5 Å². The number of halogens is 2. The highest BCUT2D eigenvalue weighted by molar-refractivity contribution is 6.31. The molecule has 5 nitrogen and oxygen atoms in total. The van der Waals surface area contributed by atoms with Crippen LogP contribution in [-0.2, 0) is 13.5 Å². The molecule has 0 fully saturated rings. The van der Waals surface area contributed by atoms with Crippen molar-refractivity contribution in [2.75, 3.05) is 0 Å². The predicted octanol–water partition coefficient (Wildman–Crippen LogP) is 1.35. The lowest BCUT2D eigenvalue weighted by Crippen LogP contribution is -2.30. The first-order valence-electron chi connectivity index (χ1n) is 5.36. The molecule has 3 N–H and O–H groups in total. The van der Waals surface area contributed by atoms with E-state index in [1.165, 1.54) is 12.4 Å². The molecule has 7 heteroatoms. The fourth-order valence-electron chi connectivity index (χ4n) is 1.74. The second-order valence-corrected chi connectivity index (χ2v) is 4.24. The minimum absolute atomic E-state index is 0.0719. The number of hydrazine groups is 1. The summed E-state index contributed by atoms with van der Waals surface area (Å²) in [6.45, 7) is 0. The zero-order valence-electron chi connectivity index (χ0n) is 9.77. The van der Waals surface area contributed by atoms with Crippen LogP contribution in [0.25, 0.3) is 0 Å². The first-order valence-corrected chi connectivity index (χ1v) is 5.74. The molecule has 0 saturated carbocycles. The number of hydrogen-bond donors (Lipinski definition) is 2. The molecular formula is C11H13ClFN5. The van der Waals surface area contributed by atoms with Crippen molar-refractivity contribution in [3.8, 4) is 0 Å². The van der Waals surface area contributed by atoms with Crippen LogP contribution >= 0.6 is 11.6 Å². The second kappa shape index (κ2) is 5.43. The largest absolute Gasteiger partial charge is 0.271 e. The van der Waals surface area contributed by atoms with E-state index in [9.17, 15) is 4.39 Å². The zero-order valence-corrected chi connectivity index (χ0v) is 10.5. The lowest BCUT2D eigenvalue weighted by atomic mass is 10.0. The van der Waals surface area contributed by atoms with E-state index in [1.807, 2.05) is 0 Å². The molecule has 0 bridgehead atoms. The number of aryl methyl sites for hydroxylation is 1. The van der Waals surface area contributed by atoms with Gasteiger partial charge in [-0.25, -0.2) is 9.37 Å². The van der Waals surface area contributed by atoms with E-state index in [1.54, 1.807) is 23.9 Å². The fraction of sp³-hybridized carbons (Fsp3) is 0.273. The number of aromatic nitrogens is 3. The summed E-state index contributed by atoms with van der Waals surface area (Å²) in [5.41, 5.74) is 3.22. The van der Waals surface area contributed by atoms with Crippen LogP contribution in [0, 0.1) is 5.82 Å².